The topological polar surface area (TPSA) is 53.9 Å². The van der Waals surface area contributed by atoms with Crippen molar-refractivity contribution in [2.24, 2.45) is 0 Å². The quantitative estimate of drug-likeness (QED) is 0.808. The van der Waals surface area contributed by atoms with Gasteiger partial charge in [0.05, 0.1) is 12.6 Å². The van der Waals surface area contributed by atoms with Crippen LogP contribution in [0.4, 0.5) is 0 Å². The van der Waals surface area contributed by atoms with Gasteiger partial charge in [0.15, 0.2) is 0 Å². The number of aryl methyl sites for hydroxylation is 1. The van der Waals surface area contributed by atoms with Gasteiger partial charge in [0.1, 0.15) is 5.69 Å². The molecule has 1 saturated heterocycles. The molecule has 0 bridgehead atoms. The number of aromatic amines is 1. The highest BCUT2D eigenvalue weighted by Gasteiger charge is 2.30. The van der Waals surface area contributed by atoms with Crippen LogP contribution >= 0.6 is 0 Å². The number of hydrogen-bond acceptors (Lipinski definition) is 2. The van der Waals surface area contributed by atoms with Gasteiger partial charge in [-0.25, -0.2) is 0 Å². The Morgan fingerprint density at radius 1 is 1.39 bits per heavy atom. The summed E-state index contributed by atoms with van der Waals surface area (Å²) < 4.78 is 1.91. The number of nitrogens with zero attached hydrogens (tertiary/aromatic N) is 3. The number of rotatable bonds is 3. The fraction of sp³-hybridized carbons (Fsp3) is 0.333. The zero-order valence-corrected chi connectivity index (χ0v) is 13.2. The summed E-state index contributed by atoms with van der Waals surface area (Å²) in [6.07, 6.45) is 5.82. The van der Waals surface area contributed by atoms with Crippen molar-refractivity contribution >= 4 is 16.8 Å². The second kappa shape index (κ2) is 5.57. The third-order valence-corrected chi connectivity index (χ3v) is 4.60. The summed E-state index contributed by atoms with van der Waals surface area (Å²) in [4.78, 5) is 18.2. The fourth-order valence-corrected chi connectivity index (χ4v) is 3.43. The zero-order valence-electron chi connectivity index (χ0n) is 13.2. The number of aromatic nitrogens is 3. The zero-order chi connectivity index (χ0) is 15.8. The van der Waals surface area contributed by atoms with E-state index in [0.29, 0.717) is 5.69 Å². The van der Waals surface area contributed by atoms with Crippen molar-refractivity contribution < 1.29 is 4.79 Å². The normalized spacial score (nSPS) is 18.0. The van der Waals surface area contributed by atoms with Crippen molar-refractivity contribution in [2.45, 2.75) is 32.4 Å². The second-order valence-corrected chi connectivity index (χ2v) is 6.30. The number of carbonyl (C=O) groups excluding carboxylic acids is 1. The first kappa shape index (κ1) is 14.1. The van der Waals surface area contributed by atoms with E-state index < -0.39 is 0 Å². The van der Waals surface area contributed by atoms with E-state index >= 15 is 0 Å². The molecule has 1 amide bonds. The van der Waals surface area contributed by atoms with Gasteiger partial charge in [-0.05, 0) is 43.5 Å². The van der Waals surface area contributed by atoms with Crippen LogP contribution in [0.5, 0.6) is 0 Å². The molecule has 1 N–H and O–H groups in total. The molecule has 0 spiro atoms. The molecule has 1 atom stereocenters. The molecule has 0 unspecified atom stereocenters. The largest absolute Gasteiger partial charge is 0.351 e. The average Bonchev–Trinajstić information content (AvgIpc) is 3.26. The third-order valence-electron chi connectivity index (χ3n) is 4.60. The summed E-state index contributed by atoms with van der Waals surface area (Å²) >= 11 is 0. The Bertz CT molecular complexity index is 834. The highest BCUT2D eigenvalue weighted by atomic mass is 16.2. The van der Waals surface area contributed by atoms with Crippen LogP contribution in [-0.2, 0) is 6.54 Å². The first-order valence-corrected chi connectivity index (χ1v) is 8.08. The molecule has 3 aromatic rings. The second-order valence-electron chi connectivity index (χ2n) is 6.30. The molecule has 0 radical (unpaired) electrons. The van der Waals surface area contributed by atoms with Gasteiger partial charge >= 0.3 is 0 Å². The van der Waals surface area contributed by atoms with Crippen LogP contribution in [0.3, 0.4) is 0 Å². The minimum atomic E-state index is 0.0912. The van der Waals surface area contributed by atoms with Gasteiger partial charge in [-0.2, -0.15) is 5.10 Å². The van der Waals surface area contributed by atoms with Crippen molar-refractivity contribution in [2.75, 3.05) is 6.54 Å². The monoisotopic (exact) mass is 308 g/mol. The molecule has 4 rings (SSSR count). The lowest BCUT2D eigenvalue weighted by molar-refractivity contribution is 0.0716. The Kier molecular flexibility index (Phi) is 3.41. The molecule has 5 heteroatoms. The lowest BCUT2D eigenvalue weighted by atomic mass is 10.2. The Morgan fingerprint density at radius 3 is 3.13 bits per heavy atom. The Morgan fingerprint density at radius 2 is 2.30 bits per heavy atom. The van der Waals surface area contributed by atoms with E-state index in [1.807, 2.05) is 27.9 Å². The molecule has 1 fully saturated rings. The SMILES string of the molecule is Cc1ccc2cc(C(=O)N3CCC[C@H]3Cn3cccn3)[nH]c2c1. The summed E-state index contributed by atoms with van der Waals surface area (Å²) in [7, 11) is 0. The number of benzene rings is 1. The van der Waals surface area contributed by atoms with Crippen molar-refractivity contribution in [1.82, 2.24) is 19.7 Å². The van der Waals surface area contributed by atoms with E-state index in [1.54, 1.807) is 6.20 Å². The van der Waals surface area contributed by atoms with E-state index in [-0.39, 0.29) is 11.9 Å². The lowest BCUT2D eigenvalue weighted by Crippen LogP contribution is -2.38. The third kappa shape index (κ3) is 2.63. The van der Waals surface area contributed by atoms with Gasteiger partial charge in [0, 0.05) is 29.8 Å². The number of amides is 1. The minimum absolute atomic E-state index is 0.0912. The van der Waals surface area contributed by atoms with Gasteiger partial charge in [0.25, 0.3) is 5.91 Å². The van der Waals surface area contributed by atoms with Crippen LogP contribution in [0.2, 0.25) is 0 Å². The van der Waals surface area contributed by atoms with Crippen LogP contribution in [0, 0.1) is 6.92 Å². The van der Waals surface area contributed by atoms with E-state index in [1.165, 1.54) is 5.56 Å². The van der Waals surface area contributed by atoms with Crippen LogP contribution in [0.15, 0.2) is 42.7 Å². The highest BCUT2D eigenvalue weighted by Crippen LogP contribution is 2.23. The van der Waals surface area contributed by atoms with E-state index in [0.717, 1.165) is 36.8 Å². The first-order valence-electron chi connectivity index (χ1n) is 8.08. The van der Waals surface area contributed by atoms with Gasteiger partial charge in [-0.1, -0.05) is 12.1 Å². The number of hydrogen-bond donors (Lipinski definition) is 1. The van der Waals surface area contributed by atoms with Gasteiger partial charge in [-0.15, -0.1) is 0 Å². The number of fused-ring (bicyclic) bond motifs is 1. The fourth-order valence-electron chi connectivity index (χ4n) is 3.43. The summed E-state index contributed by atoms with van der Waals surface area (Å²) in [5.74, 6) is 0.0912. The first-order chi connectivity index (χ1) is 11.2. The molecule has 0 aliphatic carbocycles. The maximum atomic E-state index is 12.9. The lowest BCUT2D eigenvalue weighted by Gasteiger charge is -2.24. The molecular formula is C18H20N4O. The van der Waals surface area contributed by atoms with Gasteiger partial charge in [0.2, 0.25) is 0 Å². The molecule has 3 heterocycles. The Hall–Kier alpha value is -2.56. The molecule has 1 aliphatic heterocycles. The van der Waals surface area contributed by atoms with Crippen LogP contribution in [0.25, 0.3) is 10.9 Å². The molecule has 1 aromatic carbocycles. The summed E-state index contributed by atoms with van der Waals surface area (Å²) in [5, 5.41) is 5.35. The van der Waals surface area contributed by atoms with Crippen LogP contribution in [-0.4, -0.2) is 38.2 Å². The molecule has 5 nitrogen and oxygen atoms in total. The number of nitrogens with one attached hydrogen (secondary N) is 1. The number of carbonyl (C=O) groups is 1. The predicted octanol–water partition coefficient (Wildman–Crippen LogP) is 2.98. The highest BCUT2D eigenvalue weighted by molar-refractivity contribution is 5.98. The van der Waals surface area contributed by atoms with Crippen LogP contribution in [0.1, 0.15) is 28.9 Å². The van der Waals surface area contributed by atoms with Crippen molar-refractivity contribution in [3.8, 4) is 0 Å². The molecular weight excluding hydrogens is 288 g/mol. The molecule has 0 saturated carbocycles. The van der Waals surface area contributed by atoms with Crippen molar-refractivity contribution in [1.29, 1.82) is 0 Å². The van der Waals surface area contributed by atoms with Gasteiger partial charge < -0.3 is 9.88 Å². The Balaban J connectivity index is 1.58. The van der Waals surface area contributed by atoms with Crippen molar-refractivity contribution in [3.63, 3.8) is 0 Å². The minimum Gasteiger partial charge on any atom is -0.351 e. The predicted molar refractivity (Wildman–Crippen MR) is 89.3 cm³/mol. The summed E-state index contributed by atoms with van der Waals surface area (Å²) in [5.41, 5.74) is 2.89. The maximum Gasteiger partial charge on any atom is 0.270 e. The molecule has 2 aromatic heterocycles. The van der Waals surface area contributed by atoms with E-state index in [2.05, 4.69) is 35.2 Å². The summed E-state index contributed by atoms with van der Waals surface area (Å²) in [6, 6.07) is 10.3. The van der Waals surface area contributed by atoms with E-state index in [9.17, 15) is 4.79 Å². The molecule has 23 heavy (non-hydrogen) atoms. The van der Waals surface area contributed by atoms with Crippen molar-refractivity contribution in [3.05, 3.63) is 54.0 Å². The van der Waals surface area contributed by atoms with Crippen LogP contribution < -0.4 is 0 Å². The smallest absolute Gasteiger partial charge is 0.270 e. The average molecular weight is 308 g/mol. The number of likely N-dealkylation sites (tertiary alicyclic amines) is 1. The van der Waals surface area contributed by atoms with Gasteiger partial charge in [-0.3, -0.25) is 9.48 Å². The molecule has 1 aliphatic rings. The number of H-pyrrole nitrogens is 1. The standard InChI is InChI=1S/C18H20N4O/c1-13-5-6-14-11-17(20-16(14)10-13)18(23)22-9-2-4-15(22)12-21-8-3-7-19-21/h3,5-8,10-11,15,20H,2,4,9,12H2,1H3/t15-/m0/s1. The summed E-state index contributed by atoms with van der Waals surface area (Å²) in [6.45, 7) is 3.64. The maximum absolute atomic E-state index is 12.9. The Labute approximate surface area is 134 Å². The molecule has 118 valence electrons. The van der Waals surface area contributed by atoms with E-state index in [4.69, 9.17) is 0 Å².